The summed E-state index contributed by atoms with van der Waals surface area (Å²) in [5.41, 5.74) is 3.64. The Morgan fingerprint density at radius 1 is 1.29 bits per heavy atom. The lowest BCUT2D eigenvalue weighted by atomic mass is 9.88. The van der Waals surface area contributed by atoms with Crippen LogP contribution in [-0.4, -0.2) is 5.78 Å². The van der Waals surface area contributed by atoms with Crippen LogP contribution >= 0.6 is 0 Å². The lowest BCUT2D eigenvalue weighted by Crippen LogP contribution is -2.18. The minimum atomic E-state index is -0.115. The molecule has 2 rings (SSSR count). The van der Waals surface area contributed by atoms with Crippen LogP contribution in [0.5, 0.6) is 0 Å². The molecule has 1 aromatic carbocycles. The van der Waals surface area contributed by atoms with Gasteiger partial charge >= 0.3 is 0 Å². The molecular formula is C13H16O. The topological polar surface area (TPSA) is 17.1 Å². The van der Waals surface area contributed by atoms with Crippen molar-refractivity contribution in [3.8, 4) is 0 Å². The maximum atomic E-state index is 11.6. The fourth-order valence-corrected chi connectivity index (χ4v) is 2.19. The van der Waals surface area contributed by atoms with Gasteiger partial charge in [-0.15, -0.1) is 0 Å². The van der Waals surface area contributed by atoms with Crippen molar-refractivity contribution >= 4 is 5.78 Å². The molecule has 0 heterocycles. The largest absolute Gasteiger partial charge is 0.299 e. The second kappa shape index (κ2) is 2.94. The van der Waals surface area contributed by atoms with Crippen LogP contribution in [-0.2, 0) is 10.2 Å². The van der Waals surface area contributed by atoms with E-state index in [4.69, 9.17) is 0 Å². The number of carbonyl (C=O) groups is 1. The van der Waals surface area contributed by atoms with Crippen molar-refractivity contribution in [2.45, 2.75) is 39.0 Å². The maximum Gasteiger partial charge on any atom is 0.140 e. The van der Waals surface area contributed by atoms with Gasteiger partial charge < -0.3 is 0 Å². The number of hydrogen-bond acceptors (Lipinski definition) is 1. The molecule has 0 bridgehead atoms. The zero-order valence-corrected chi connectivity index (χ0v) is 9.05. The zero-order valence-electron chi connectivity index (χ0n) is 9.05. The minimum Gasteiger partial charge on any atom is -0.299 e. The van der Waals surface area contributed by atoms with E-state index in [0.29, 0.717) is 5.78 Å². The van der Waals surface area contributed by atoms with Crippen LogP contribution in [0.25, 0.3) is 0 Å². The summed E-state index contributed by atoms with van der Waals surface area (Å²) in [5.74, 6) is 0.325. The normalized spacial score (nSPS) is 17.9. The first kappa shape index (κ1) is 9.45. The summed E-state index contributed by atoms with van der Waals surface area (Å²) >= 11 is 0. The van der Waals surface area contributed by atoms with Crippen molar-refractivity contribution in [2.75, 3.05) is 0 Å². The van der Waals surface area contributed by atoms with Gasteiger partial charge in [-0.1, -0.05) is 23.8 Å². The van der Waals surface area contributed by atoms with E-state index in [-0.39, 0.29) is 5.41 Å². The molecule has 0 saturated heterocycles. The average Bonchev–Trinajstić information content (AvgIpc) is 2.90. The molecule has 1 aliphatic carbocycles. The lowest BCUT2D eigenvalue weighted by Gasteiger charge is -2.15. The Morgan fingerprint density at radius 3 is 2.43 bits per heavy atom. The Hall–Kier alpha value is -1.11. The number of hydrogen-bond donors (Lipinski definition) is 0. The third kappa shape index (κ3) is 1.28. The van der Waals surface area contributed by atoms with Gasteiger partial charge in [0, 0.05) is 0 Å². The Bertz CT molecular complexity index is 386. The standard InChI is InChI=1S/C13H16O/c1-9-4-5-10(2)12(8-9)13(6-7-13)11(3)14/h4-5,8H,6-7H2,1-3H3. The third-order valence-electron chi connectivity index (χ3n) is 3.33. The molecule has 1 saturated carbocycles. The first-order chi connectivity index (χ1) is 6.56. The van der Waals surface area contributed by atoms with Crippen LogP contribution in [0, 0.1) is 13.8 Å². The Morgan fingerprint density at radius 2 is 1.93 bits per heavy atom. The fourth-order valence-electron chi connectivity index (χ4n) is 2.19. The predicted molar refractivity (Wildman–Crippen MR) is 57.5 cm³/mol. The summed E-state index contributed by atoms with van der Waals surface area (Å²) < 4.78 is 0. The quantitative estimate of drug-likeness (QED) is 0.697. The fraction of sp³-hybridized carbons (Fsp3) is 0.462. The number of benzene rings is 1. The van der Waals surface area contributed by atoms with Crippen molar-refractivity contribution in [3.63, 3.8) is 0 Å². The Kier molecular flexibility index (Phi) is 1.99. The van der Waals surface area contributed by atoms with Crippen molar-refractivity contribution in [1.29, 1.82) is 0 Å². The van der Waals surface area contributed by atoms with Crippen LogP contribution in [0.1, 0.15) is 36.5 Å². The second-order valence-corrected chi connectivity index (χ2v) is 4.46. The third-order valence-corrected chi connectivity index (χ3v) is 3.33. The number of carbonyl (C=O) groups excluding carboxylic acids is 1. The van der Waals surface area contributed by atoms with Gasteiger partial charge in [0.2, 0.25) is 0 Å². The summed E-state index contributed by atoms with van der Waals surface area (Å²) in [7, 11) is 0. The smallest absolute Gasteiger partial charge is 0.140 e. The number of Topliss-reactive ketones (excluding diaryl/α,β-unsaturated/α-hetero) is 1. The van der Waals surface area contributed by atoms with Crippen LogP contribution in [0.2, 0.25) is 0 Å². The van der Waals surface area contributed by atoms with E-state index in [0.717, 1.165) is 12.8 Å². The van der Waals surface area contributed by atoms with Crippen LogP contribution in [0.4, 0.5) is 0 Å². The highest BCUT2D eigenvalue weighted by Crippen LogP contribution is 2.50. The van der Waals surface area contributed by atoms with Gasteiger partial charge in [-0.2, -0.15) is 0 Å². The van der Waals surface area contributed by atoms with E-state index in [1.54, 1.807) is 6.92 Å². The summed E-state index contributed by atoms with van der Waals surface area (Å²) in [6.45, 7) is 5.89. The Balaban J connectivity index is 2.51. The second-order valence-electron chi connectivity index (χ2n) is 4.46. The summed E-state index contributed by atoms with van der Waals surface area (Å²) in [5, 5.41) is 0. The molecule has 1 fully saturated rings. The zero-order chi connectivity index (χ0) is 10.3. The lowest BCUT2D eigenvalue weighted by molar-refractivity contribution is -0.119. The monoisotopic (exact) mass is 188 g/mol. The van der Waals surface area contributed by atoms with Gasteiger partial charge in [0.15, 0.2) is 0 Å². The molecule has 0 unspecified atom stereocenters. The predicted octanol–water partition coefficient (Wildman–Crippen LogP) is 2.92. The molecular weight excluding hydrogens is 172 g/mol. The molecule has 1 nitrogen and oxygen atoms in total. The first-order valence-corrected chi connectivity index (χ1v) is 5.15. The van der Waals surface area contributed by atoms with Crippen LogP contribution in [0.3, 0.4) is 0 Å². The highest BCUT2D eigenvalue weighted by atomic mass is 16.1. The molecule has 0 amide bonds. The van der Waals surface area contributed by atoms with E-state index < -0.39 is 0 Å². The van der Waals surface area contributed by atoms with Crippen molar-refractivity contribution in [1.82, 2.24) is 0 Å². The number of aryl methyl sites for hydroxylation is 2. The van der Waals surface area contributed by atoms with E-state index in [9.17, 15) is 4.79 Å². The van der Waals surface area contributed by atoms with Crippen molar-refractivity contribution in [2.24, 2.45) is 0 Å². The van der Waals surface area contributed by atoms with Crippen molar-refractivity contribution < 1.29 is 4.79 Å². The van der Waals surface area contributed by atoms with E-state index in [1.807, 2.05) is 0 Å². The van der Waals surface area contributed by atoms with Gasteiger partial charge in [-0.25, -0.2) is 0 Å². The molecule has 0 atom stereocenters. The molecule has 0 spiro atoms. The number of ketones is 1. The Labute approximate surface area is 85.1 Å². The van der Waals surface area contributed by atoms with E-state index >= 15 is 0 Å². The van der Waals surface area contributed by atoms with E-state index in [1.165, 1.54) is 16.7 Å². The molecule has 1 aromatic rings. The van der Waals surface area contributed by atoms with Gasteiger partial charge in [0.1, 0.15) is 5.78 Å². The average molecular weight is 188 g/mol. The maximum absolute atomic E-state index is 11.6. The van der Waals surface area contributed by atoms with Gasteiger partial charge in [-0.05, 0) is 44.7 Å². The summed E-state index contributed by atoms with van der Waals surface area (Å²) in [4.78, 5) is 11.6. The van der Waals surface area contributed by atoms with Gasteiger partial charge in [-0.3, -0.25) is 4.79 Å². The minimum absolute atomic E-state index is 0.115. The summed E-state index contributed by atoms with van der Waals surface area (Å²) in [6.07, 6.45) is 2.07. The molecule has 1 aliphatic rings. The van der Waals surface area contributed by atoms with Crippen molar-refractivity contribution in [3.05, 3.63) is 34.9 Å². The summed E-state index contributed by atoms with van der Waals surface area (Å²) in [6, 6.07) is 6.40. The van der Waals surface area contributed by atoms with Gasteiger partial charge in [0.05, 0.1) is 5.41 Å². The highest BCUT2D eigenvalue weighted by Gasteiger charge is 2.49. The number of rotatable bonds is 2. The molecule has 0 N–H and O–H groups in total. The van der Waals surface area contributed by atoms with Gasteiger partial charge in [0.25, 0.3) is 0 Å². The first-order valence-electron chi connectivity index (χ1n) is 5.15. The highest BCUT2D eigenvalue weighted by molar-refractivity contribution is 5.91. The van der Waals surface area contributed by atoms with Crippen LogP contribution in [0.15, 0.2) is 18.2 Å². The molecule has 1 heteroatoms. The molecule has 0 radical (unpaired) electrons. The van der Waals surface area contributed by atoms with E-state index in [2.05, 4.69) is 32.0 Å². The molecule has 0 aromatic heterocycles. The SMILES string of the molecule is CC(=O)C1(c2cc(C)ccc2C)CC1. The molecule has 0 aliphatic heterocycles. The molecule has 14 heavy (non-hydrogen) atoms. The van der Waals surface area contributed by atoms with Crippen LogP contribution < -0.4 is 0 Å². The molecule has 74 valence electrons.